The van der Waals surface area contributed by atoms with E-state index in [1.54, 1.807) is 28.9 Å². The van der Waals surface area contributed by atoms with Crippen molar-refractivity contribution in [1.29, 1.82) is 0 Å². The summed E-state index contributed by atoms with van der Waals surface area (Å²) in [6.07, 6.45) is 1.87. The number of carbonyl (C=O) groups is 1. The highest BCUT2D eigenvalue weighted by Gasteiger charge is 2.22. The molecule has 0 aliphatic carbocycles. The molecule has 7 heteroatoms. The van der Waals surface area contributed by atoms with Crippen LogP contribution < -0.4 is 0 Å². The van der Waals surface area contributed by atoms with Crippen LogP contribution in [0, 0.1) is 5.82 Å². The monoisotopic (exact) mass is 380 g/mol. The minimum atomic E-state index is -0.268. The molecule has 1 N–H and O–H groups in total. The van der Waals surface area contributed by atoms with Crippen molar-refractivity contribution in [1.82, 2.24) is 19.6 Å². The minimum absolute atomic E-state index is 0.0137. The van der Waals surface area contributed by atoms with Crippen LogP contribution in [-0.2, 0) is 6.54 Å². The number of hydrogen-bond acceptors (Lipinski definition) is 4. The van der Waals surface area contributed by atoms with Crippen LogP contribution in [0.3, 0.4) is 0 Å². The highest BCUT2D eigenvalue weighted by molar-refractivity contribution is 5.94. The Morgan fingerprint density at radius 1 is 0.964 bits per heavy atom. The summed E-state index contributed by atoms with van der Waals surface area (Å²) in [5, 5.41) is 13.9. The smallest absolute Gasteiger partial charge is 0.253 e. The van der Waals surface area contributed by atoms with Gasteiger partial charge in [0, 0.05) is 44.5 Å². The molecule has 1 aliphatic rings. The molecule has 1 saturated heterocycles. The van der Waals surface area contributed by atoms with Gasteiger partial charge in [0.25, 0.3) is 5.91 Å². The van der Waals surface area contributed by atoms with Gasteiger partial charge in [0.1, 0.15) is 11.6 Å². The van der Waals surface area contributed by atoms with Crippen LogP contribution in [0.2, 0.25) is 0 Å². The number of rotatable bonds is 4. The molecule has 0 saturated carbocycles. The number of aromatic nitrogens is 2. The topological polar surface area (TPSA) is 61.6 Å². The Morgan fingerprint density at radius 3 is 2.32 bits per heavy atom. The molecular formula is C21H21FN4O2. The lowest BCUT2D eigenvalue weighted by Gasteiger charge is -2.34. The summed E-state index contributed by atoms with van der Waals surface area (Å²) in [7, 11) is 0. The van der Waals surface area contributed by atoms with Crippen molar-refractivity contribution >= 4 is 5.91 Å². The Hall–Kier alpha value is -3.19. The molecule has 1 aliphatic heterocycles. The third kappa shape index (κ3) is 4.04. The van der Waals surface area contributed by atoms with Gasteiger partial charge in [-0.3, -0.25) is 9.69 Å². The second-order valence-corrected chi connectivity index (χ2v) is 6.84. The fourth-order valence-corrected chi connectivity index (χ4v) is 3.31. The summed E-state index contributed by atoms with van der Waals surface area (Å²) < 4.78 is 14.8. The highest BCUT2D eigenvalue weighted by atomic mass is 19.1. The SMILES string of the molecule is O=C(c1ccc(O)cc1)N1CCN(Cc2ccn(-c3ccc(F)cc3)n2)CC1. The molecule has 6 nitrogen and oxygen atoms in total. The Kier molecular flexibility index (Phi) is 5.08. The standard InChI is InChI=1S/C21H21FN4O2/c22-17-3-5-19(6-4-17)26-10-9-18(23-26)15-24-11-13-25(14-12-24)21(28)16-1-7-20(27)8-2-16/h1-10,27H,11-15H2. The van der Waals surface area contributed by atoms with E-state index in [0.717, 1.165) is 24.5 Å². The van der Waals surface area contributed by atoms with Gasteiger partial charge in [-0.25, -0.2) is 9.07 Å². The molecule has 2 heterocycles. The average molecular weight is 380 g/mol. The van der Waals surface area contributed by atoms with Gasteiger partial charge >= 0.3 is 0 Å². The number of phenols is 1. The van der Waals surface area contributed by atoms with E-state index in [2.05, 4.69) is 10.00 Å². The number of benzene rings is 2. The Morgan fingerprint density at radius 2 is 1.64 bits per heavy atom. The minimum Gasteiger partial charge on any atom is -0.508 e. The molecule has 0 radical (unpaired) electrons. The van der Waals surface area contributed by atoms with Crippen molar-refractivity contribution in [3.8, 4) is 11.4 Å². The number of piperazine rings is 1. The van der Waals surface area contributed by atoms with Crippen molar-refractivity contribution < 1.29 is 14.3 Å². The maximum Gasteiger partial charge on any atom is 0.253 e. The van der Waals surface area contributed by atoms with Crippen molar-refractivity contribution in [2.24, 2.45) is 0 Å². The van der Waals surface area contributed by atoms with Crippen molar-refractivity contribution in [3.63, 3.8) is 0 Å². The lowest BCUT2D eigenvalue weighted by molar-refractivity contribution is 0.0627. The van der Waals surface area contributed by atoms with Crippen molar-refractivity contribution in [2.75, 3.05) is 26.2 Å². The zero-order chi connectivity index (χ0) is 19.5. The molecule has 3 aromatic rings. The van der Waals surface area contributed by atoms with Crippen LogP contribution in [0.5, 0.6) is 5.75 Å². The average Bonchev–Trinajstić information content (AvgIpc) is 3.18. The lowest BCUT2D eigenvalue weighted by Crippen LogP contribution is -2.48. The first-order chi connectivity index (χ1) is 13.6. The van der Waals surface area contributed by atoms with Crippen molar-refractivity contribution in [3.05, 3.63) is 77.9 Å². The third-order valence-corrected chi connectivity index (χ3v) is 4.89. The number of nitrogens with zero attached hydrogens (tertiary/aromatic N) is 4. The Labute approximate surface area is 162 Å². The van der Waals surface area contributed by atoms with E-state index < -0.39 is 0 Å². The Balaban J connectivity index is 1.33. The van der Waals surface area contributed by atoms with Gasteiger partial charge in [-0.15, -0.1) is 0 Å². The number of carbonyl (C=O) groups excluding carboxylic acids is 1. The fourth-order valence-electron chi connectivity index (χ4n) is 3.31. The zero-order valence-electron chi connectivity index (χ0n) is 15.3. The van der Waals surface area contributed by atoms with Gasteiger partial charge in [-0.1, -0.05) is 0 Å². The first-order valence-corrected chi connectivity index (χ1v) is 9.20. The van der Waals surface area contributed by atoms with E-state index in [9.17, 15) is 14.3 Å². The van der Waals surface area contributed by atoms with Crippen LogP contribution >= 0.6 is 0 Å². The lowest BCUT2D eigenvalue weighted by atomic mass is 10.1. The molecule has 2 aromatic carbocycles. The summed E-state index contributed by atoms with van der Waals surface area (Å²) in [6.45, 7) is 3.55. The molecule has 144 valence electrons. The van der Waals surface area contributed by atoms with Gasteiger partial charge in [-0.2, -0.15) is 5.10 Å². The van der Waals surface area contributed by atoms with Crippen LogP contribution in [0.25, 0.3) is 5.69 Å². The van der Waals surface area contributed by atoms with E-state index in [-0.39, 0.29) is 17.5 Å². The van der Waals surface area contributed by atoms with E-state index >= 15 is 0 Å². The van der Waals surface area contributed by atoms with E-state index in [0.29, 0.717) is 25.2 Å². The molecular weight excluding hydrogens is 359 g/mol. The maximum atomic E-state index is 13.1. The number of halogens is 1. The molecule has 28 heavy (non-hydrogen) atoms. The summed E-state index contributed by atoms with van der Waals surface area (Å²) in [5.74, 6) is -0.127. The normalized spacial score (nSPS) is 15.0. The summed E-state index contributed by atoms with van der Waals surface area (Å²) in [6, 6.07) is 14.5. The number of aromatic hydroxyl groups is 1. The van der Waals surface area contributed by atoms with E-state index in [4.69, 9.17) is 0 Å². The highest BCUT2D eigenvalue weighted by Crippen LogP contribution is 2.15. The maximum absolute atomic E-state index is 13.1. The number of amides is 1. The molecule has 4 rings (SSSR count). The zero-order valence-corrected chi connectivity index (χ0v) is 15.3. The molecule has 1 amide bonds. The summed E-state index contributed by atoms with van der Waals surface area (Å²) in [4.78, 5) is 16.6. The predicted octanol–water partition coefficient (Wildman–Crippen LogP) is 2.68. The molecule has 0 unspecified atom stereocenters. The van der Waals surface area contributed by atoms with Gasteiger partial charge in [-0.05, 0) is 54.6 Å². The van der Waals surface area contributed by atoms with E-state index in [1.165, 1.54) is 24.3 Å². The third-order valence-electron chi connectivity index (χ3n) is 4.89. The van der Waals surface area contributed by atoms with Crippen LogP contribution in [0.4, 0.5) is 4.39 Å². The molecule has 0 spiro atoms. The van der Waals surface area contributed by atoms with E-state index in [1.807, 2.05) is 17.2 Å². The predicted molar refractivity (Wildman–Crippen MR) is 103 cm³/mol. The van der Waals surface area contributed by atoms with Crippen LogP contribution in [0.1, 0.15) is 16.1 Å². The summed E-state index contributed by atoms with van der Waals surface area (Å²) in [5.41, 5.74) is 2.34. The number of phenolic OH excluding ortho intramolecular Hbond substituents is 1. The second kappa shape index (κ2) is 7.82. The van der Waals surface area contributed by atoms with Crippen LogP contribution in [0.15, 0.2) is 60.8 Å². The largest absolute Gasteiger partial charge is 0.508 e. The number of hydrogen-bond donors (Lipinski definition) is 1. The van der Waals surface area contributed by atoms with Gasteiger partial charge in [0.05, 0.1) is 11.4 Å². The quantitative estimate of drug-likeness (QED) is 0.756. The summed E-state index contributed by atoms with van der Waals surface area (Å²) >= 11 is 0. The first-order valence-electron chi connectivity index (χ1n) is 9.20. The molecule has 1 aromatic heterocycles. The molecule has 0 atom stereocenters. The first kappa shape index (κ1) is 18.2. The second-order valence-electron chi connectivity index (χ2n) is 6.84. The van der Waals surface area contributed by atoms with Gasteiger partial charge in [0.2, 0.25) is 0 Å². The van der Waals surface area contributed by atoms with Crippen LogP contribution in [-0.4, -0.2) is 56.8 Å². The Bertz CT molecular complexity index is 945. The molecule has 1 fully saturated rings. The van der Waals surface area contributed by atoms with Gasteiger partial charge in [0.15, 0.2) is 0 Å². The van der Waals surface area contributed by atoms with Crippen molar-refractivity contribution in [2.45, 2.75) is 6.54 Å². The fraction of sp³-hybridized carbons (Fsp3) is 0.238. The molecule has 0 bridgehead atoms. The van der Waals surface area contributed by atoms with Gasteiger partial charge < -0.3 is 10.0 Å².